The van der Waals surface area contributed by atoms with Gasteiger partial charge in [-0.2, -0.15) is 13.2 Å². The van der Waals surface area contributed by atoms with E-state index < -0.39 is 41.6 Å². The number of aryl methyl sites for hydroxylation is 1. The lowest BCUT2D eigenvalue weighted by molar-refractivity contribution is -0.142. The molecule has 1 heterocycles. The van der Waals surface area contributed by atoms with E-state index in [0.29, 0.717) is 28.6 Å². The van der Waals surface area contributed by atoms with Gasteiger partial charge in [-0.15, -0.1) is 11.3 Å². The summed E-state index contributed by atoms with van der Waals surface area (Å²) in [6.07, 6.45) is -4.45. The number of ether oxygens (including phenoxy) is 1. The highest BCUT2D eigenvalue weighted by Crippen LogP contribution is 2.37. The zero-order valence-electron chi connectivity index (χ0n) is 17.0. The van der Waals surface area contributed by atoms with E-state index in [9.17, 15) is 26.3 Å². The summed E-state index contributed by atoms with van der Waals surface area (Å²) in [6.45, 7) is 1.51. The van der Waals surface area contributed by atoms with Crippen LogP contribution in [0.4, 0.5) is 30.7 Å². The zero-order chi connectivity index (χ0) is 23.9. The number of thiophene rings is 1. The second-order valence-corrected chi connectivity index (χ2v) is 8.41. The molecule has 0 atom stereocenters. The minimum atomic E-state index is -5.15. The van der Waals surface area contributed by atoms with Crippen molar-refractivity contribution < 1.29 is 35.5 Å². The van der Waals surface area contributed by atoms with Gasteiger partial charge in [0.15, 0.2) is 5.82 Å². The van der Waals surface area contributed by atoms with Gasteiger partial charge >= 0.3 is 6.18 Å². The molecule has 0 aliphatic rings. The van der Waals surface area contributed by atoms with Crippen LogP contribution < -0.4 is 4.74 Å². The fourth-order valence-corrected chi connectivity index (χ4v) is 4.49. The van der Waals surface area contributed by atoms with Crippen molar-refractivity contribution in [2.24, 2.45) is 0 Å². The molecule has 0 aliphatic carbocycles. The number of alkyl halides is 3. The number of halogens is 7. The lowest BCUT2D eigenvalue weighted by atomic mass is 10.0. The van der Waals surface area contributed by atoms with Crippen LogP contribution in [-0.2, 0) is 19.2 Å². The van der Waals surface area contributed by atoms with Gasteiger partial charge in [0, 0.05) is 4.88 Å². The number of fused-ring (bicyclic) bond motifs is 1. The molecule has 0 radical (unpaired) electrons. The monoisotopic (exact) mass is 484 g/mol. The van der Waals surface area contributed by atoms with Crippen molar-refractivity contribution in [2.75, 3.05) is 0 Å². The third kappa shape index (κ3) is 4.55. The first kappa shape index (κ1) is 23.1. The van der Waals surface area contributed by atoms with Gasteiger partial charge in [0.25, 0.3) is 0 Å². The maximum Gasteiger partial charge on any atom is 0.422 e. The Balaban J connectivity index is 1.55. The third-order valence-electron chi connectivity index (χ3n) is 5.03. The molecule has 0 saturated heterocycles. The molecule has 172 valence electrons. The summed E-state index contributed by atoms with van der Waals surface area (Å²) in [7, 11) is 0. The highest BCUT2D eigenvalue weighted by Gasteiger charge is 2.37. The maximum atomic E-state index is 15.0. The molecule has 1 aromatic heterocycles. The number of rotatable bonds is 5. The molecule has 0 bridgehead atoms. The molecule has 1 nitrogen and oxygen atoms in total. The molecule has 0 N–H and O–H groups in total. The fraction of sp³-hybridized carbons (Fsp3) is 0.167. The van der Waals surface area contributed by atoms with Crippen molar-refractivity contribution in [2.45, 2.75) is 26.1 Å². The van der Waals surface area contributed by atoms with Crippen LogP contribution in [0.3, 0.4) is 0 Å². The zero-order valence-corrected chi connectivity index (χ0v) is 17.8. The molecule has 0 saturated carbocycles. The van der Waals surface area contributed by atoms with Gasteiger partial charge in [-0.25, -0.2) is 17.6 Å². The highest BCUT2D eigenvalue weighted by atomic mass is 32.1. The van der Waals surface area contributed by atoms with Crippen LogP contribution in [0.2, 0.25) is 0 Å². The minimum Gasteiger partial charge on any atom is -0.489 e. The van der Waals surface area contributed by atoms with Gasteiger partial charge in [-0.3, -0.25) is 0 Å². The molecule has 4 rings (SSSR count). The average Bonchev–Trinajstić information content (AvgIpc) is 3.15. The van der Waals surface area contributed by atoms with Gasteiger partial charge in [-0.05, 0) is 59.3 Å². The SMILES string of the molecule is CCc1cc2cc(F)c(-c3ccc(OCc4cc(F)c(C(F)(F)F)c(F)c4)cc3)c(F)c2s1. The summed E-state index contributed by atoms with van der Waals surface area (Å²) >= 11 is 1.26. The first-order valence-electron chi connectivity index (χ1n) is 9.77. The van der Waals surface area contributed by atoms with Crippen molar-refractivity contribution in [1.82, 2.24) is 0 Å². The van der Waals surface area contributed by atoms with Crippen molar-refractivity contribution in [3.05, 3.63) is 87.8 Å². The summed E-state index contributed by atoms with van der Waals surface area (Å²) in [5.74, 6) is -4.66. The number of hydrogen-bond donors (Lipinski definition) is 0. The number of hydrogen-bond acceptors (Lipinski definition) is 2. The Morgan fingerprint density at radius 2 is 1.48 bits per heavy atom. The van der Waals surface area contributed by atoms with Gasteiger partial charge in [0.2, 0.25) is 0 Å². The molecule has 4 aromatic rings. The molecule has 33 heavy (non-hydrogen) atoms. The van der Waals surface area contributed by atoms with Crippen molar-refractivity contribution in [1.29, 1.82) is 0 Å². The van der Waals surface area contributed by atoms with E-state index in [1.54, 1.807) is 6.07 Å². The predicted octanol–water partition coefficient (Wildman–Crippen LogP) is 8.28. The summed E-state index contributed by atoms with van der Waals surface area (Å²) in [5.41, 5.74) is -2.04. The first-order valence-corrected chi connectivity index (χ1v) is 10.6. The number of benzene rings is 3. The van der Waals surface area contributed by atoms with E-state index in [-0.39, 0.29) is 22.4 Å². The van der Waals surface area contributed by atoms with Crippen molar-refractivity contribution in [3.63, 3.8) is 0 Å². The van der Waals surface area contributed by atoms with E-state index in [4.69, 9.17) is 4.74 Å². The second kappa shape index (κ2) is 8.70. The molecule has 0 spiro atoms. The summed E-state index contributed by atoms with van der Waals surface area (Å²) in [4.78, 5) is 0.931. The Kier molecular flexibility index (Phi) is 6.09. The van der Waals surface area contributed by atoms with E-state index >= 15 is 4.39 Å². The lowest BCUT2D eigenvalue weighted by Gasteiger charge is -2.12. The molecular formula is C24H15F7OS. The molecule has 3 aromatic carbocycles. The van der Waals surface area contributed by atoms with E-state index in [2.05, 4.69) is 0 Å². The third-order valence-corrected chi connectivity index (χ3v) is 6.32. The van der Waals surface area contributed by atoms with Crippen LogP contribution in [0.1, 0.15) is 22.9 Å². The fourth-order valence-electron chi connectivity index (χ4n) is 3.47. The van der Waals surface area contributed by atoms with E-state index in [0.717, 1.165) is 4.88 Å². The van der Waals surface area contributed by atoms with Gasteiger partial charge in [0.1, 0.15) is 35.4 Å². The van der Waals surface area contributed by atoms with Crippen LogP contribution in [0, 0.1) is 23.3 Å². The summed E-state index contributed by atoms with van der Waals surface area (Å²) < 4.78 is 101. The Morgan fingerprint density at radius 1 is 0.848 bits per heavy atom. The van der Waals surface area contributed by atoms with Crippen molar-refractivity contribution in [3.8, 4) is 16.9 Å². The Hall–Kier alpha value is -3.07. The largest absolute Gasteiger partial charge is 0.489 e. The molecule has 0 amide bonds. The van der Waals surface area contributed by atoms with Crippen LogP contribution in [0.15, 0.2) is 48.5 Å². The molecule has 0 unspecified atom stereocenters. The van der Waals surface area contributed by atoms with Crippen LogP contribution in [-0.4, -0.2) is 0 Å². The summed E-state index contributed by atoms with van der Waals surface area (Å²) in [6, 6.07) is 9.77. The molecular weight excluding hydrogens is 469 g/mol. The standard InChI is InChI=1S/C24H15F7OS/c1-2-16-9-14-10-17(25)20(22(28)23(14)33-16)13-3-5-15(6-4-13)32-11-12-7-18(26)21(19(27)8-12)24(29,30)31/h3-10H,2,11H2,1H3. The molecule has 0 fully saturated rings. The van der Waals surface area contributed by atoms with Gasteiger partial charge < -0.3 is 4.74 Å². The summed E-state index contributed by atoms with van der Waals surface area (Å²) in [5, 5.41) is 0.492. The van der Waals surface area contributed by atoms with Crippen LogP contribution in [0.5, 0.6) is 5.75 Å². The normalized spacial score (nSPS) is 11.9. The minimum absolute atomic E-state index is 0.144. The molecule has 0 aliphatic heterocycles. The quantitative estimate of drug-likeness (QED) is 0.259. The predicted molar refractivity (Wildman–Crippen MR) is 112 cm³/mol. The molecule has 9 heteroatoms. The topological polar surface area (TPSA) is 9.23 Å². The second-order valence-electron chi connectivity index (χ2n) is 7.28. The van der Waals surface area contributed by atoms with Crippen molar-refractivity contribution >= 4 is 21.4 Å². The Labute approximate surface area is 188 Å². The van der Waals surface area contributed by atoms with Crippen LogP contribution in [0.25, 0.3) is 21.2 Å². The van der Waals surface area contributed by atoms with E-state index in [1.165, 1.54) is 41.7 Å². The first-order chi connectivity index (χ1) is 15.6. The Morgan fingerprint density at radius 3 is 2.06 bits per heavy atom. The lowest BCUT2D eigenvalue weighted by Crippen LogP contribution is -2.12. The highest BCUT2D eigenvalue weighted by molar-refractivity contribution is 7.19. The van der Waals surface area contributed by atoms with Gasteiger partial charge in [0.05, 0.1) is 10.3 Å². The maximum absolute atomic E-state index is 15.0. The Bertz CT molecular complexity index is 1300. The van der Waals surface area contributed by atoms with Gasteiger partial charge in [-0.1, -0.05) is 19.1 Å². The smallest absolute Gasteiger partial charge is 0.422 e. The average molecular weight is 484 g/mol. The van der Waals surface area contributed by atoms with Crippen LogP contribution >= 0.6 is 11.3 Å². The van der Waals surface area contributed by atoms with E-state index in [1.807, 2.05) is 6.92 Å².